The van der Waals surface area contributed by atoms with Gasteiger partial charge in [0, 0.05) is 44.4 Å². The van der Waals surface area contributed by atoms with Gasteiger partial charge in [-0.05, 0) is 13.8 Å². The molecule has 0 saturated carbocycles. The van der Waals surface area contributed by atoms with E-state index < -0.39 is 0 Å². The second-order valence-corrected chi connectivity index (χ2v) is 6.88. The number of nitrogens with zero attached hydrogens (tertiary/aromatic N) is 3. The van der Waals surface area contributed by atoms with Crippen LogP contribution in [0.1, 0.15) is 23.7 Å². The Morgan fingerprint density at radius 1 is 1.15 bits per heavy atom. The molecule has 0 spiro atoms. The lowest BCUT2D eigenvalue weighted by Crippen LogP contribution is -2.24. The number of hydrogen-bond donors (Lipinski definition) is 0. The van der Waals surface area contributed by atoms with Gasteiger partial charge in [0.15, 0.2) is 0 Å². The molecule has 6 nitrogen and oxygen atoms in total. The Bertz CT molecular complexity index is 1020. The highest BCUT2D eigenvalue weighted by Gasteiger charge is 2.19. The Balaban J connectivity index is 2.20. The number of amides is 1. The van der Waals surface area contributed by atoms with Crippen LogP contribution < -0.4 is 4.74 Å². The average Bonchev–Trinajstić information content (AvgIpc) is 2.93. The molecule has 2 aromatic heterocycles. The van der Waals surface area contributed by atoms with E-state index in [1.807, 2.05) is 48.7 Å². The van der Waals surface area contributed by atoms with E-state index in [1.165, 1.54) is 6.92 Å². The molecule has 1 aromatic carbocycles. The highest BCUT2D eigenvalue weighted by atomic mass is 16.5. The summed E-state index contributed by atoms with van der Waals surface area (Å²) < 4.78 is 7.18. The van der Waals surface area contributed by atoms with Crippen LogP contribution >= 0.6 is 0 Å². The van der Waals surface area contributed by atoms with Gasteiger partial charge in [-0.1, -0.05) is 29.8 Å². The maximum absolute atomic E-state index is 12.4. The number of benzene rings is 1. The molecule has 27 heavy (non-hydrogen) atoms. The summed E-state index contributed by atoms with van der Waals surface area (Å²) in [5.41, 5.74) is 5.09. The van der Waals surface area contributed by atoms with Crippen molar-refractivity contribution in [3.05, 3.63) is 53.3 Å². The molecule has 3 rings (SSSR count). The van der Waals surface area contributed by atoms with Crippen LogP contribution in [0.5, 0.6) is 5.75 Å². The molecule has 0 aliphatic carbocycles. The number of imidazole rings is 1. The number of rotatable bonds is 4. The number of fused-ring (bicyclic) bond motifs is 1. The number of esters is 1. The summed E-state index contributed by atoms with van der Waals surface area (Å²) in [7, 11) is 3.47. The van der Waals surface area contributed by atoms with Crippen LogP contribution in [0.4, 0.5) is 0 Å². The van der Waals surface area contributed by atoms with E-state index in [-0.39, 0.29) is 18.3 Å². The van der Waals surface area contributed by atoms with Gasteiger partial charge in [0.25, 0.3) is 0 Å². The second-order valence-electron chi connectivity index (χ2n) is 6.88. The Morgan fingerprint density at radius 2 is 1.81 bits per heavy atom. The Labute approximate surface area is 158 Å². The van der Waals surface area contributed by atoms with E-state index in [0.717, 1.165) is 28.1 Å². The molecule has 0 saturated heterocycles. The smallest absolute Gasteiger partial charge is 0.308 e. The van der Waals surface area contributed by atoms with Crippen molar-refractivity contribution in [1.29, 1.82) is 0 Å². The van der Waals surface area contributed by atoms with Crippen molar-refractivity contribution in [1.82, 2.24) is 14.3 Å². The number of aromatic nitrogens is 2. The number of carbonyl (C=O) groups excluding carboxylic acids is 2. The molecule has 0 unspecified atom stereocenters. The van der Waals surface area contributed by atoms with E-state index in [4.69, 9.17) is 9.72 Å². The van der Waals surface area contributed by atoms with Gasteiger partial charge in [-0.2, -0.15) is 0 Å². The second kappa shape index (κ2) is 7.23. The van der Waals surface area contributed by atoms with Crippen LogP contribution in [0.2, 0.25) is 0 Å². The lowest BCUT2D eigenvalue weighted by Gasteiger charge is -2.12. The SMILES string of the molecule is CC(=O)Oc1cc2nc(-c3ccc(C)cc3)c(CC(=O)N(C)C)n2cc1C. The molecule has 0 radical (unpaired) electrons. The molecule has 6 heteroatoms. The zero-order valence-electron chi connectivity index (χ0n) is 16.2. The Hall–Kier alpha value is -3.15. The molecule has 140 valence electrons. The third-order valence-electron chi connectivity index (χ3n) is 4.41. The molecule has 0 atom stereocenters. The minimum absolute atomic E-state index is 0.00752. The number of carbonyl (C=O) groups is 2. The van der Waals surface area contributed by atoms with Crippen LogP contribution in [-0.2, 0) is 16.0 Å². The highest BCUT2D eigenvalue weighted by molar-refractivity contribution is 5.81. The Kier molecular flexibility index (Phi) is 4.99. The zero-order chi connectivity index (χ0) is 19.7. The average molecular weight is 365 g/mol. The topological polar surface area (TPSA) is 63.9 Å². The van der Waals surface area contributed by atoms with Crippen LogP contribution in [0.25, 0.3) is 16.9 Å². The summed E-state index contributed by atoms with van der Waals surface area (Å²) in [6.07, 6.45) is 2.08. The first kappa shape index (κ1) is 18.6. The number of likely N-dealkylation sites (N-methyl/N-ethyl adjacent to an activating group) is 1. The highest BCUT2D eigenvalue weighted by Crippen LogP contribution is 2.29. The molecule has 0 bridgehead atoms. The first-order valence-electron chi connectivity index (χ1n) is 8.73. The minimum Gasteiger partial charge on any atom is -0.426 e. The Morgan fingerprint density at radius 3 is 2.41 bits per heavy atom. The molecular weight excluding hydrogens is 342 g/mol. The summed E-state index contributed by atoms with van der Waals surface area (Å²) in [6, 6.07) is 9.78. The van der Waals surface area contributed by atoms with E-state index in [0.29, 0.717) is 11.4 Å². The molecule has 1 amide bonds. The third-order valence-corrected chi connectivity index (χ3v) is 4.41. The number of pyridine rings is 1. The quantitative estimate of drug-likeness (QED) is 0.666. The van der Waals surface area contributed by atoms with Gasteiger partial charge < -0.3 is 14.0 Å². The maximum Gasteiger partial charge on any atom is 0.308 e. The van der Waals surface area contributed by atoms with Crippen molar-refractivity contribution in [2.24, 2.45) is 0 Å². The third kappa shape index (κ3) is 3.84. The number of hydrogen-bond acceptors (Lipinski definition) is 4. The van der Waals surface area contributed by atoms with Gasteiger partial charge in [0.05, 0.1) is 17.8 Å². The summed E-state index contributed by atoms with van der Waals surface area (Å²) in [4.78, 5) is 30.1. The van der Waals surface area contributed by atoms with Crippen LogP contribution in [0, 0.1) is 13.8 Å². The number of ether oxygens (including phenoxy) is 1. The molecule has 2 heterocycles. The molecule has 3 aromatic rings. The molecule has 0 N–H and O–H groups in total. The normalized spacial score (nSPS) is 10.9. The summed E-state index contributed by atoms with van der Waals surface area (Å²) in [5, 5.41) is 0. The summed E-state index contributed by atoms with van der Waals surface area (Å²) >= 11 is 0. The van der Waals surface area contributed by atoms with Crippen molar-refractivity contribution in [3.8, 4) is 17.0 Å². The first-order chi connectivity index (χ1) is 12.8. The first-order valence-corrected chi connectivity index (χ1v) is 8.73. The van der Waals surface area contributed by atoms with Gasteiger partial charge in [-0.3, -0.25) is 9.59 Å². The van der Waals surface area contributed by atoms with Crippen LogP contribution in [0.3, 0.4) is 0 Å². The van der Waals surface area contributed by atoms with E-state index >= 15 is 0 Å². The van der Waals surface area contributed by atoms with E-state index in [9.17, 15) is 9.59 Å². The summed E-state index contributed by atoms with van der Waals surface area (Å²) in [6.45, 7) is 5.26. The zero-order valence-corrected chi connectivity index (χ0v) is 16.2. The fourth-order valence-electron chi connectivity index (χ4n) is 2.90. The van der Waals surface area contributed by atoms with E-state index in [1.54, 1.807) is 25.1 Å². The predicted molar refractivity (Wildman–Crippen MR) is 104 cm³/mol. The lowest BCUT2D eigenvalue weighted by atomic mass is 10.1. The molecule has 0 fully saturated rings. The molecule has 0 aliphatic heterocycles. The lowest BCUT2D eigenvalue weighted by molar-refractivity contribution is -0.132. The number of aryl methyl sites for hydroxylation is 2. The van der Waals surface area contributed by atoms with Gasteiger partial charge in [-0.25, -0.2) is 4.98 Å². The molecular formula is C21H23N3O3. The molecule has 0 aliphatic rings. The summed E-state index contributed by atoms with van der Waals surface area (Å²) in [5.74, 6) is 0.0867. The van der Waals surface area contributed by atoms with Crippen LogP contribution in [0.15, 0.2) is 36.5 Å². The predicted octanol–water partition coefficient (Wildman–Crippen LogP) is 3.17. The van der Waals surface area contributed by atoms with E-state index in [2.05, 4.69) is 0 Å². The standard InChI is InChI=1S/C21H23N3O3/c1-13-6-8-16(9-7-13)21-17(10-20(26)23(4)5)24-12-14(2)18(27-15(3)25)11-19(24)22-21/h6-9,11-12H,10H2,1-5H3. The van der Waals surface area contributed by atoms with Crippen molar-refractivity contribution >= 4 is 17.5 Å². The van der Waals surface area contributed by atoms with Gasteiger partial charge in [0.2, 0.25) is 5.91 Å². The van der Waals surface area contributed by atoms with Crippen molar-refractivity contribution in [3.63, 3.8) is 0 Å². The van der Waals surface area contributed by atoms with Gasteiger partial charge in [-0.15, -0.1) is 0 Å². The van der Waals surface area contributed by atoms with Crippen molar-refractivity contribution < 1.29 is 14.3 Å². The fourth-order valence-corrected chi connectivity index (χ4v) is 2.90. The van der Waals surface area contributed by atoms with Gasteiger partial charge in [0.1, 0.15) is 11.4 Å². The van der Waals surface area contributed by atoms with Gasteiger partial charge >= 0.3 is 5.97 Å². The van der Waals surface area contributed by atoms with Crippen molar-refractivity contribution in [2.45, 2.75) is 27.2 Å². The van der Waals surface area contributed by atoms with Crippen molar-refractivity contribution in [2.75, 3.05) is 14.1 Å². The maximum atomic E-state index is 12.4. The minimum atomic E-state index is -0.379. The largest absolute Gasteiger partial charge is 0.426 e. The van der Waals surface area contributed by atoms with Crippen LogP contribution in [-0.4, -0.2) is 40.3 Å². The monoisotopic (exact) mass is 365 g/mol. The fraction of sp³-hybridized carbons (Fsp3) is 0.286.